The highest BCUT2D eigenvalue weighted by Crippen LogP contribution is 2.34. The summed E-state index contributed by atoms with van der Waals surface area (Å²) in [5.74, 6) is -1.38. The predicted molar refractivity (Wildman–Crippen MR) is 126 cm³/mol. The van der Waals surface area contributed by atoms with Crippen LogP contribution in [0.1, 0.15) is 28.9 Å². The maximum absolute atomic E-state index is 13.6. The van der Waals surface area contributed by atoms with Crippen LogP contribution >= 0.6 is 23.2 Å². The average molecular weight is 488 g/mol. The summed E-state index contributed by atoms with van der Waals surface area (Å²) in [6.07, 6.45) is 1.30. The second-order valence-electron chi connectivity index (χ2n) is 7.87. The zero-order valence-corrected chi connectivity index (χ0v) is 19.5. The smallest absolute Gasteiger partial charge is 0.307 e. The highest BCUT2D eigenvalue weighted by molar-refractivity contribution is 6.32. The molecule has 1 saturated heterocycles. The number of carboxylic acid groups (broad SMARTS) is 1. The molecule has 2 aromatic carbocycles. The van der Waals surface area contributed by atoms with E-state index in [-0.39, 0.29) is 24.1 Å². The Kier molecular flexibility index (Phi) is 7.02. The largest absolute Gasteiger partial charge is 0.481 e. The number of carbonyl (C=O) groups excluding carboxylic acids is 1. The molecule has 4 rings (SSSR count). The number of likely N-dealkylation sites (tertiary alicyclic amines) is 1. The summed E-state index contributed by atoms with van der Waals surface area (Å²) in [5, 5.41) is 15.3. The minimum absolute atomic E-state index is 0.0791. The van der Waals surface area contributed by atoms with Crippen LogP contribution in [-0.2, 0) is 16.0 Å². The highest BCUT2D eigenvalue weighted by atomic mass is 35.5. The number of hydrogen-bond donors (Lipinski definition) is 1. The molecule has 2 heterocycles. The van der Waals surface area contributed by atoms with Gasteiger partial charge in [0.15, 0.2) is 5.69 Å². The van der Waals surface area contributed by atoms with Gasteiger partial charge in [0.2, 0.25) is 0 Å². The van der Waals surface area contributed by atoms with Gasteiger partial charge >= 0.3 is 5.97 Å². The van der Waals surface area contributed by atoms with Gasteiger partial charge in [0.25, 0.3) is 5.91 Å². The van der Waals surface area contributed by atoms with Gasteiger partial charge in [-0.1, -0.05) is 47.5 Å². The molecule has 1 fully saturated rings. The van der Waals surface area contributed by atoms with Crippen molar-refractivity contribution in [3.8, 4) is 16.9 Å². The molecular weight excluding hydrogens is 465 g/mol. The van der Waals surface area contributed by atoms with Crippen LogP contribution in [0.25, 0.3) is 16.9 Å². The maximum atomic E-state index is 13.6. The standard InChI is InChI=1S/C24H23Cl2N3O4/c1-33-14-17-5-4-12-28(17)24(32)22-18(13-21(30)31)23(15-8-10-16(25)11-9-15)29(27-22)20-7-3-2-6-19(20)26/h2-3,6-11,17H,4-5,12-14H2,1H3,(H,30,31)/t17-/m0/s1. The average Bonchev–Trinajstić information content (AvgIpc) is 3.39. The Morgan fingerprint density at radius 3 is 2.55 bits per heavy atom. The van der Waals surface area contributed by atoms with Crippen LogP contribution in [0.2, 0.25) is 10.0 Å². The molecule has 172 valence electrons. The van der Waals surface area contributed by atoms with Gasteiger partial charge in [-0.05, 0) is 37.1 Å². The Bertz CT molecular complexity index is 1180. The zero-order chi connectivity index (χ0) is 23.5. The molecule has 0 aliphatic carbocycles. The molecule has 33 heavy (non-hydrogen) atoms. The number of nitrogens with zero attached hydrogens (tertiary/aromatic N) is 3. The Labute approximate surface area is 201 Å². The third-order valence-corrected chi connectivity index (χ3v) is 6.28. The Morgan fingerprint density at radius 1 is 1.15 bits per heavy atom. The van der Waals surface area contributed by atoms with Crippen LogP contribution in [-0.4, -0.2) is 58.0 Å². The molecule has 1 aliphatic rings. The number of rotatable bonds is 7. The van der Waals surface area contributed by atoms with E-state index in [1.54, 1.807) is 59.2 Å². The van der Waals surface area contributed by atoms with Crippen molar-refractivity contribution < 1.29 is 19.4 Å². The summed E-state index contributed by atoms with van der Waals surface area (Å²) in [7, 11) is 1.60. The van der Waals surface area contributed by atoms with Crippen molar-refractivity contribution in [2.24, 2.45) is 0 Å². The van der Waals surface area contributed by atoms with Gasteiger partial charge in [0.1, 0.15) is 0 Å². The number of benzene rings is 2. The molecule has 1 aliphatic heterocycles. The summed E-state index contributed by atoms with van der Waals surface area (Å²) in [6.45, 7) is 0.976. The molecule has 3 aromatic rings. The maximum Gasteiger partial charge on any atom is 0.307 e. The van der Waals surface area contributed by atoms with Gasteiger partial charge in [-0.3, -0.25) is 9.59 Å². The number of hydrogen-bond acceptors (Lipinski definition) is 4. The van der Waals surface area contributed by atoms with Crippen LogP contribution in [0.5, 0.6) is 0 Å². The first kappa shape index (κ1) is 23.3. The minimum atomic E-state index is -1.06. The number of carbonyl (C=O) groups is 2. The molecule has 0 radical (unpaired) electrons. The van der Waals surface area contributed by atoms with Crippen molar-refractivity contribution in [3.63, 3.8) is 0 Å². The lowest BCUT2D eigenvalue weighted by molar-refractivity contribution is -0.136. The Balaban J connectivity index is 1.94. The fourth-order valence-corrected chi connectivity index (χ4v) is 4.59. The van der Waals surface area contributed by atoms with E-state index >= 15 is 0 Å². The van der Waals surface area contributed by atoms with Crippen LogP contribution in [0, 0.1) is 0 Å². The van der Waals surface area contributed by atoms with E-state index in [0.29, 0.717) is 45.7 Å². The van der Waals surface area contributed by atoms with Crippen molar-refractivity contribution in [2.45, 2.75) is 25.3 Å². The summed E-state index contributed by atoms with van der Waals surface area (Å²) >= 11 is 12.6. The van der Waals surface area contributed by atoms with Gasteiger partial charge in [0.05, 0.1) is 35.5 Å². The van der Waals surface area contributed by atoms with Gasteiger partial charge in [-0.25, -0.2) is 4.68 Å². The zero-order valence-electron chi connectivity index (χ0n) is 18.0. The van der Waals surface area contributed by atoms with Crippen LogP contribution in [0.4, 0.5) is 0 Å². The second-order valence-corrected chi connectivity index (χ2v) is 8.71. The van der Waals surface area contributed by atoms with Crippen LogP contribution in [0.3, 0.4) is 0 Å². The van der Waals surface area contributed by atoms with Gasteiger partial charge < -0.3 is 14.7 Å². The number of amides is 1. The van der Waals surface area contributed by atoms with E-state index in [2.05, 4.69) is 5.10 Å². The predicted octanol–water partition coefficient (Wildman–Crippen LogP) is 4.72. The number of para-hydroxylation sites is 1. The lowest BCUT2D eigenvalue weighted by Gasteiger charge is -2.23. The molecular formula is C24H23Cl2N3O4. The van der Waals surface area contributed by atoms with Gasteiger partial charge in [-0.15, -0.1) is 0 Å². The monoisotopic (exact) mass is 487 g/mol. The van der Waals surface area contributed by atoms with E-state index < -0.39 is 5.97 Å². The van der Waals surface area contributed by atoms with E-state index in [9.17, 15) is 14.7 Å². The van der Waals surface area contributed by atoms with E-state index in [0.717, 1.165) is 12.8 Å². The molecule has 1 aromatic heterocycles. The molecule has 7 nitrogen and oxygen atoms in total. The molecule has 1 atom stereocenters. The van der Waals surface area contributed by atoms with Crippen molar-refractivity contribution in [1.29, 1.82) is 0 Å². The SMILES string of the molecule is COC[C@@H]1CCCN1C(=O)c1nn(-c2ccccc2Cl)c(-c2ccc(Cl)cc2)c1CC(=O)O. The lowest BCUT2D eigenvalue weighted by atomic mass is 10.0. The molecule has 0 spiro atoms. The third kappa shape index (κ3) is 4.76. The Hall–Kier alpha value is -2.87. The van der Waals surface area contributed by atoms with Gasteiger partial charge in [0, 0.05) is 29.8 Å². The van der Waals surface area contributed by atoms with Crippen molar-refractivity contribution >= 4 is 35.1 Å². The quantitative estimate of drug-likeness (QED) is 0.520. The third-order valence-electron chi connectivity index (χ3n) is 5.71. The molecule has 0 saturated carbocycles. The first-order valence-corrected chi connectivity index (χ1v) is 11.3. The van der Waals surface area contributed by atoms with Crippen molar-refractivity contribution in [2.75, 3.05) is 20.3 Å². The topological polar surface area (TPSA) is 84.7 Å². The molecule has 1 amide bonds. The fourth-order valence-electron chi connectivity index (χ4n) is 4.25. The highest BCUT2D eigenvalue weighted by Gasteiger charge is 2.34. The van der Waals surface area contributed by atoms with E-state index in [4.69, 9.17) is 27.9 Å². The minimum Gasteiger partial charge on any atom is -0.481 e. The number of aliphatic carboxylic acids is 1. The van der Waals surface area contributed by atoms with Crippen molar-refractivity contribution in [3.05, 3.63) is 69.8 Å². The number of carboxylic acids is 1. The van der Waals surface area contributed by atoms with E-state index in [1.807, 2.05) is 6.07 Å². The molecule has 0 unspecified atom stereocenters. The summed E-state index contributed by atoms with van der Waals surface area (Å²) in [6, 6.07) is 14.0. The molecule has 9 heteroatoms. The summed E-state index contributed by atoms with van der Waals surface area (Å²) < 4.78 is 6.84. The van der Waals surface area contributed by atoms with Gasteiger partial charge in [-0.2, -0.15) is 5.10 Å². The molecule has 1 N–H and O–H groups in total. The van der Waals surface area contributed by atoms with Crippen LogP contribution in [0.15, 0.2) is 48.5 Å². The van der Waals surface area contributed by atoms with Crippen LogP contribution < -0.4 is 0 Å². The van der Waals surface area contributed by atoms with E-state index in [1.165, 1.54) is 0 Å². The first-order valence-electron chi connectivity index (χ1n) is 10.5. The summed E-state index contributed by atoms with van der Waals surface area (Å²) in [5.41, 5.74) is 2.15. The number of aromatic nitrogens is 2. The fraction of sp³-hybridized carbons (Fsp3) is 0.292. The number of methoxy groups -OCH3 is 1. The first-order chi connectivity index (χ1) is 15.9. The second kappa shape index (κ2) is 9.95. The normalized spacial score (nSPS) is 15.7. The lowest BCUT2D eigenvalue weighted by Crippen LogP contribution is -2.38. The summed E-state index contributed by atoms with van der Waals surface area (Å²) in [4.78, 5) is 27.2. The number of halogens is 2. The van der Waals surface area contributed by atoms with Crippen molar-refractivity contribution in [1.82, 2.24) is 14.7 Å². The Morgan fingerprint density at radius 2 is 1.88 bits per heavy atom. The number of ether oxygens (including phenoxy) is 1. The molecule has 0 bridgehead atoms.